The molecule has 0 heterocycles. The van der Waals surface area contributed by atoms with Crippen LogP contribution in [0.25, 0.3) is 0 Å². The summed E-state index contributed by atoms with van der Waals surface area (Å²) in [5.74, 6) is 0.0694. The molecule has 1 N–H and O–H groups in total. The molecular weight excluding hydrogens is 522 g/mol. The number of amides is 1. The molecule has 2 aromatic rings. The van der Waals surface area contributed by atoms with E-state index in [1.165, 1.54) is 25.3 Å². The number of carbonyl (C=O) groups excluding carboxylic acids is 4. The van der Waals surface area contributed by atoms with Gasteiger partial charge >= 0.3 is 5.97 Å². The van der Waals surface area contributed by atoms with Gasteiger partial charge in [-0.1, -0.05) is 40.2 Å². The maximum absolute atomic E-state index is 13.0. The van der Waals surface area contributed by atoms with Crippen molar-refractivity contribution in [3.05, 3.63) is 64.7 Å². The minimum atomic E-state index is -0.974. The molecule has 186 valence electrons. The number of nitrogens with one attached hydrogen (secondary N) is 1. The highest BCUT2D eigenvalue weighted by molar-refractivity contribution is 9.10. The fraction of sp³-hybridized carbons (Fsp3) is 0.448. The van der Waals surface area contributed by atoms with Crippen LogP contribution in [0.4, 0.5) is 5.69 Å². The van der Waals surface area contributed by atoms with Crippen LogP contribution in [-0.4, -0.2) is 33.9 Å². The van der Waals surface area contributed by atoms with Crippen molar-refractivity contribution in [1.82, 2.24) is 0 Å². The van der Waals surface area contributed by atoms with Crippen LogP contribution < -0.4 is 5.32 Å². The van der Waals surface area contributed by atoms with Gasteiger partial charge in [0.1, 0.15) is 0 Å². The van der Waals surface area contributed by atoms with Crippen molar-refractivity contribution in [2.24, 2.45) is 17.3 Å². The Bertz CT molecular complexity index is 1300. The predicted molar refractivity (Wildman–Crippen MR) is 137 cm³/mol. The summed E-state index contributed by atoms with van der Waals surface area (Å²) in [5, 5.41) is 2.73. The first-order valence-corrected chi connectivity index (χ1v) is 13.4. The van der Waals surface area contributed by atoms with Gasteiger partial charge in [-0.05, 0) is 80.9 Å². The van der Waals surface area contributed by atoms with Gasteiger partial charge in [0, 0.05) is 32.3 Å². The molecule has 7 rings (SSSR count). The van der Waals surface area contributed by atoms with Crippen molar-refractivity contribution in [3.63, 3.8) is 0 Å². The third kappa shape index (κ3) is 4.01. The predicted octanol–water partition coefficient (Wildman–Crippen LogP) is 5.46. The van der Waals surface area contributed by atoms with Gasteiger partial charge in [0.05, 0.1) is 6.42 Å². The number of benzene rings is 2. The first kappa shape index (κ1) is 23.6. The zero-order chi connectivity index (χ0) is 25.2. The van der Waals surface area contributed by atoms with E-state index in [9.17, 15) is 19.2 Å². The SMILES string of the molecule is C[C@H](OC(=O)CC12C[C@@H]3C[C@@H](CC(Br)(C3)C1)C2)C(=O)Nc1ccc2c(c1)C(=O)c1ccccc1C2=O. The minimum absolute atomic E-state index is 0.0253. The molecule has 4 fully saturated rings. The molecule has 5 aliphatic rings. The van der Waals surface area contributed by atoms with Gasteiger partial charge in [-0.3, -0.25) is 19.2 Å². The lowest BCUT2D eigenvalue weighted by Gasteiger charge is -2.60. The number of anilines is 1. The zero-order valence-electron chi connectivity index (χ0n) is 20.1. The van der Waals surface area contributed by atoms with Crippen molar-refractivity contribution < 1.29 is 23.9 Å². The minimum Gasteiger partial charge on any atom is -0.453 e. The highest BCUT2D eigenvalue weighted by atomic mass is 79.9. The number of fused-ring (bicyclic) bond motifs is 2. The highest BCUT2D eigenvalue weighted by Crippen LogP contribution is 2.65. The summed E-state index contributed by atoms with van der Waals surface area (Å²) in [5.41, 5.74) is 1.67. The van der Waals surface area contributed by atoms with Crippen LogP contribution in [0.1, 0.15) is 83.7 Å². The van der Waals surface area contributed by atoms with Gasteiger partial charge < -0.3 is 10.1 Å². The van der Waals surface area contributed by atoms with Crippen LogP contribution in [0, 0.1) is 17.3 Å². The quantitative estimate of drug-likeness (QED) is 0.337. The van der Waals surface area contributed by atoms with Crippen molar-refractivity contribution in [2.75, 3.05) is 5.32 Å². The molecule has 0 aliphatic heterocycles. The van der Waals surface area contributed by atoms with Gasteiger partial charge in [-0.15, -0.1) is 0 Å². The third-order valence-corrected chi connectivity index (χ3v) is 9.43. The highest BCUT2D eigenvalue weighted by Gasteiger charge is 2.57. The number of ketones is 2. The molecule has 1 amide bonds. The van der Waals surface area contributed by atoms with E-state index in [-0.39, 0.29) is 32.8 Å². The first-order valence-electron chi connectivity index (χ1n) is 12.7. The summed E-state index contributed by atoms with van der Waals surface area (Å²) in [7, 11) is 0. The second kappa shape index (κ2) is 8.37. The number of rotatable bonds is 5. The average molecular weight is 550 g/mol. The van der Waals surface area contributed by atoms with Crippen molar-refractivity contribution in [2.45, 2.75) is 62.3 Å². The van der Waals surface area contributed by atoms with Gasteiger partial charge in [-0.2, -0.15) is 0 Å². The monoisotopic (exact) mass is 549 g/mol. The molecule has 4 bridgehead atoms. The molecular formula is C29H28BrNO5. The molecule has 5 aliphatic carbocycles. The van der Waals surface area contributed by atoms with Crippen molar-refractivity contribution in [3.8, 4) is 0 Å². The topological polar surface area (TPSA) is 89.5 Å². The van der Waals surface area contributed by atoms with Crippen LogP contribution >= 0.6 is 15.9 Å². The van der Waals surface area contributed by atoms with Crippen LogP contribution in [0.2, 0.25) is 0 Å². The molecule has 0 spiro atoms. The molecule has 2 unspecified atom stereocenters. The molecule has 7 heteroatoms. The van der Waals surface area contributed by atoms with Gasteiger partial charge in [0.25, 0.3) is 5.91 Å². The molecule has 0 radical (unpaired) electrons. The van der Waals surface area contributed by atoms with Crippen LogP contribution in [0.3, 0.4) is 0 Å². The molecule has 2 aromatic carbocycles. The van der Waals surface area contributed by atoms with E-state index < -0.39 is 12.0 Å². The Morgan fingerprint density at radius 1 is 0.972 bits per heavy atom. The Hall–Kier alpha value is -2.80. The smallest absolute Gasteiger partial charge is 0.307 e. The summed E-state index contributed by atoms with van der Waals surface area (Å²) in [6.07, 6.45) is 6.16. The summed E-state index contributed by atoms with van der Waals surface area (Å²) < 4.78 is 5.73. The summed E-state index contributed by atoms with van der Waals surface area (Å²) in [6, 6.07) is 11.4. The normalized spacial score (nSPS) is 30.4. The molecule has 4 saturated carbocycles. The standard InChI is InChI=1S/C29H28BrNO5/c1-16(36-24(32)14-28-10-17-8-18(11-28)13-29(30,12-17)15-28)27(35)31-19-6-7-22-23(9-19)26(34)21-5-3-2-4-20(21)25(22)33/h2-7,9,16-18H,8,10-15H2,1H3,(H,31,35)/t16-,17-,18+,28?,29?/m0/s1. The lowest BCUT2D eigenvalue weighted by atomic mass is 9.49. The average Bonchev–Trinajstić information content (AvgIpc) is 2.80. The lowest BCUT2D eigenvalue weighted by Crippen LogP contribution is -2.53. The van der Waals surface area contributed by atoms with E-state index in [4.69, 9.17) is 4.74 Å². The lowest BCUT2D eigenvalue weighted by molar-refractivity contribution is -0.159. The molecule has 5 atom stereocenters. The molecule has 36 heavy (non-hydrogen) atoms. The number of hydrogen-bond donors (Lipinski definition) is 1. The number of halogens is 1. The Kier molecular flexibility index (Phi) is 5.48. The number of alkyl halides is 1. The summed E-state index contributed by atoms with van der Waals surface area (Å²) in [4.78, 5) is 51.5. The number of esters is 1. The molecule has 6 nitrogen and oxygen atoms in total. The van der Waals surface area contributed by atoms with E-state index in [0.29, 0.717) is 40.6 Å². The van der Waals surface area contributed by atoms with Gasteiger partial charge in [0.15, 0.2) is 17.7 Å². The Morgan fingerprint density at radius 3 is 2.22 bits per heavy atom. The Labute approximate surface area is 218 Å². The number of hydrogen-bond acceptors (Lipinski definition) is 5. The summed E-state index contributed by atoms with van der Waals surface area (Å²) in [6.45, 7) is 1.56. The fourth-order valence-corrected chi connectivity index (χ4v) is 9.07. The van der Waals surface area contributed by atoms with Crippen molar-refractivity contribution >= 4 is 45.1 Å². The van der Waals surface area contributed by atoms with Crippen LogP contribution in [0.5, 0.6) is 0 Å². The molecule has 0 aromatic heterocycles. The second-order valence-electron chi connectivity index (χ2n) is 11.4. The number of carbonyl (C=O) groups is 4. The fourth-order valence-electron chi connectivity index (χ4n) is 7.56. The van der Waals surface area contributed by atoms with Gasteiger partial charge in [0.2, 0.25) is 0 Å². The van der Waals surface area contributed by atoms with E-state index in [1.54, 1.807) is 43.3 Å². The van der Waals surface area contributed by atoms with Gasteiger partial charge in [-0.25, -0.2) is 0 Å². The molecule has 0 saturated heterocycles. The summed E-state index contributed by atoms with van der Waals surface area (Å²) >= 11 is 3.98. The maximum Gasteiger partial charge on any atom is 0.307 e. The van der Waals surface area contributed by atoms with Crippen LogP contribution in [-0.2, 0) is 14.3 Å². The van der Waals surface area contributed by atoms with E-state index >= 15 is 0 Å². The Balaban J connectivity index is 1.11. The third-order valence-electron chi connectivity index (χ3n) is 8.50. The second-order valence-corrected chi connectivity index (χ2v) is 13.1. The largest absolute Gasteiger partial charge is 0.453 e. The zero-order valence-corrected chi connectivity index (χ0v) is 21.7. The number of ether oxygens (including phenoxy) is 1. The van der Waals surface area contributed by atoms with E-state index in [2.05, 4.69) is 21.2 Å². The van der Waals surface area contributed by atoms with Crippen LogP contribution in [0.15, 0.2) is 42.5 Å². The van der Waals surface area contributed by atoms with E-state index in [1.807, 2.05) is 0 Å². The first-order chi connectivity index (χ1) is 17.1. The van der Waals surface area contributed by atoms with Crippen molar-refractivity contribution in [1.29, 1.82) is 0 Å². The maximum atomic E-state index is 13.0. The Morgan fingerprint density at radius 2 is 1.58 bits per heavy atom. The van der Waals surface area contributed by atoms with E-state index in [0.717, 1.165) is 19.3 Å².